The van der Waals surface area contributed by atoms with Gasteiger partial charge in [0.05, 0.1) is 28.0 Å². The van der Waals surface area contributed by atoms with E-state index in [1.54, 1.807) is 17.0 Å². The van der Waals surface area contributed by atoms with Gasteiger partial charge in [-0.25, -0.2) is 4.79 Å². The van der Waals surface area contributed by atoms with Gasteiger partial charge in [-0.15, -0.1) is 0 Å². The van der Waals surface area contributed by atoms with Crippen molar-refractivity contribution in [3.63, 3.8) is 0 Å². The molecule has 3 aromatic rings. The molecule has 2 aromatic carbocycles. The van der Waals surface area contributed by atoms with E-state index in [0.717, 1.165) is 30.5 Å². The van der Waals surface area contributed by atoms with Gasteiger partial charge in [0.25, 0.3) is 5.91 Å². The minimum absolute atomic E-state index is 0.0693. The molecule has 3 heterocycles. The first-order valence-electron chi connectivity index (χ1n) is 15.0. The second-order valence-electron chi connectivity index (χ2n) is 11.0. The van der Waals surface area contributed by atoms with Crippen LogP contribution in [0.3, 0.4) is 0 Å². The summed E-state index contributed by atoms with van der Waals surface area (Å²) in [5.41, 5.74) is 1.52. The zero-order chi connectivity index (χ0) is 31.1. The van der Waals surface area contributed by atoms with Gasteiger partial charge in [0.15, 0.2) is 0 Å². The Morgan fingerprint density at radius 3 is 2.48 bits per heavy atom. The van der Waals surface area contributed by atoms with Gasteiger partial charge in [0, 0.05) is 39.0 Å². The lowest BCUT2D eigenvalue weighted by Gasteiger charge is -2.38. The lowest BCUT2D eigenvalue weighted by molar-refractivity contribution is -0.135. The minimum atomic E-state index is -0.827. The van der Waals surface area contributed by atoms with Crippen LogP contribution in [-0.4, -0.2) is 66.1 Å². The van der Waals surface area contributed by atoms with Crippen LogP contribution in [0.5, 0.6) is 0 Å². The van der Waals surface area contributed by atoms with Crippen LogP contribution in [-0.2, 0) is 22.7 Å². The summed E-state index contributed by atoms with van der Waals surface area (Å²) in [4.78, 5) is 51.4. The number of rotatable bonds is 10. The molecule has 0 radical (unpaired) electrons. The number of anilines is 1. The lowest BCUT2D eigenvalue weighted by atomic mass is 10.1. The van der Waals surface area contributed by atoms with Gasteiger partial charge >= 0.3 is 5.63 Å². The molecule has 44 heavy (non-hydrogen) atoms. The smallest absolute Gasteiger partial charge is 0.348 e. The molecular weight excluding hydrogens is 603 g/mol. The highest BCUT2D eigenvalue weighted by Gasteiger charge is 2.42. The Bertz CT molecular complexity index is 1550. The molecule has 0 bridgehead atoms. The fourth-order valence-electron chi connectivity index (χ4n) is 5.54. The highest BCUT2D eigenvalue weighted by Crippen LogP contribution is 2.33. The molecule has 0 aliphatic carbocycles. The third-order valence-electron chi connectivity index (χ3n) is 7.97. The second-order valence-corrected chi connectivity index (χ2v) is 11.8. The number of nitrogens with zero attached hydrogens (tertiary/aromatic N) is 4. The number of piperazine rings is 1. The second kappa shape index (κ2) is 14.8. The first kappa shape index (κ1) is 31.6. The average molecular weight is 640 g/mol. The molecule has 2 fully saturated rings. The predicted octanol–water partition coefficient (Wildman–Crippen LogP) is 5.82. The van der Waals surface area contributed by atoms with Crippen LogP contribution in [0.4, 0.5) is 5.69 Å². The molecule has 0 unspecified atom stereocenters. The van der Waals surface area contributed by atoms with E-state index < -0.39 is 17.6 Å². The SMILES string of the molecule is CCCCCc1ccc(C(=O)N2CC(=NOCc3ccccc3)C[C@H]2C(=O)N2CCN(c3cccc(Cl)c3Cl)CC2)c(=O)o1. The number of carbonyl (C=O) groups is 2. The first-order chi connectivity index (χ1) is 21.4. The van der Waals surface area contributed by atoms with Crippen molar-refractivity contribution in [3.8, 4) is 0 Å². The van der Waals surface area contributed by atoms with E-state index in [1.165, 1.54) is 11.0 Å². The fraction of sp³-hybridized carbons (Fsp3) is 0.394. The summed E-state index contributed by atoms with van der Waals surface area (Å²) in [5.74, 6) is -0.220. The Morgan fingerprint density at radius 1 is 0.977 bits per heavy atom. The number of oxime groups is 1. The molecular formula is C33H36Cl2N4O5. The van der Waals surface area contributed by atoms with Crippen LogP contribution in [0.2, 0.25) is 10.0 Å². The molecule has 232 valence electrons. The van der Waals surface area contributed by atoms with Gasteiger partial charge in [0.2, 0.25) is 5.91 Å². The molecule has 0 saturated carbocycles. The van der Waals surface area contributed by atoms with Gasteiger partial charge in [-0.2, -0.15) is 0 Å². The van der Waals surface area contributed by atoms with Crippen molar-refractivity contribution in [1.29, 1.82) is 0 Å². The fourth-order valence-corrected chi connectivity index (χ4v) is 5.96. The topological polar surface area (TPSA) is 95.7 Å². The van der Waals surface area contributed by atoms with Crippen molar-refractivity contribution in [2.75, 3.05) is 37.6 Å². The monoisotopic (exact) mass is 638 g/mol. The number of carbonyl (C=O) groups excluding carboxylic acids is 2. The number of hydrogen-bond donors (Lipinski definition) is 0. The highest BCUT2D eigenvalue weighted by molar-refractivity contribution is 6.43. The third kappa shape index (κ3) is 7.45. The molecule has 1 atom stereocenters. The first-order valence-corrected chi connectivity index (χ1v) is 15.7. The Kier molecular flexibility index (Phi) is 10.6. The van der Waals surface area contributed by atoms with E-state index in [1.807, 2.05) is 42.5 Å². The van der Waals surface area contributed by atoms with Crippen molar-refractivity contribution >= 4 is 46.4 Å². The number of unbranched alkanes of at least 4 members (excludes halogenated alkanes) is 2. The zero-order valence-electron chi connectivity index (χ0n) is 24.7. The van der Waals surface area contributed by atoms with E-state index >= 15 is 0 Å². The summed E-state index contributed by atoms with van der Waals surface area (Å²) in [6, 6.07) is 17.4. The van der Waals surface area contributed by atoms with Crippen molar-refractivity contribution in [2.24, 2.45) is 5.16 Å². The summed E-state index contributed by atoms with van der Waals surface area (Å²) in [6.07, 6.45) is 3.81. The maximum absolute atomic E-state index is 13.9. The summed E-state index contributed by atoms with van der Waals surface area (Å²) >= 11 is 12.7. The molecule has 2 aliphatic heterocycles. The van der Waals surface area contributed by atoms with E-state index in [2.05, 4.69) is 17.0 Å². The molecule has 0 spiro atoms. The Balaban J connectivity index is 1.31. The summed E-state index contributed by atoms with van der Waals surface area (Å²) in [7, 11) is 0. The standard InChI is InChI=1S/C33H36Cl2N4O5/c1-2-3-5-11-25-14-15-26(33(42)44-25)31(40)39-21-24(36-43-22-23-9-6-4-7-10-23)20-29(39)32(41)38-18-16-37(17-19-38)28-13-8-12-27(34)30(28)35/h4,6-10,12-15,29H,2-3,5,11,16-22H2,1H3/t29-/m0/s1. The average Bonchev–Trinajstić information content (AvgIpc) is 3.47. The van der Waals surface area contributed by atoms with Gasteiger partial charge in [-0.3, -0.25) is 9.59 Å². The lowest BCUT2D eigenvalue weighted by Crippen LogP contribution is -2.54. The highest BCUT2D eigenvalue weighted by atomic mass is 35.5. The van der Waals surface area contributed by atoms with E-state index in [-0.39, 0.29) is 31.0 Å². The number of aryl methyl sites for hydroxylation is 1. The molecule has 0 N–H and O–H groups in total. The number of benzene rings is 2. The predicted molar refractivity (Wildman–Crippen MR) is 172 cm³/mol. The molecule has 2 amide bonds. The molecule has 9 nitrogen and oxygen atoms in total. The Morgan fingerprint density at radius 2 is 1.75 bits per heavy atom. The van der Waals surface area contributed by atoms with Gasteiger partial charge < -0.3 is 24.0 Å². The molecule has 5 rings (SSSR count). The van der Waals surface area contributed by atoms with Gasteiger partial charge in [-0.1, -0.05) is 84.5 Å². The van der Waals surface area contributed by atoms with Crippen LogP contribution >= 0.6 is 23.2 Å². The maximum atomic E-state index is 13.9. The quantitative estimate of drug-likeness (QED) is 0.205. The number of amides is 2. The van der Waals surface area contributed by atoms with Crippen molar-refractivity contribution in [3.05, 3.63) is 98.0 Å². The molecule has 2 aliphatic rings. The number of likely N-dealkylation sites (tertiary alicyclic amines) is 1. The largest absolute Gasteiger partial charge is 0.427 e. The van der Waals surface area contributed by atoms with Crippen molar-refractivity contribution < 1.29 is 18.8 Å². The van der Waals surface area contributed by atoms with Crippen molar-refractivity contribution in [2.45, 2.75) is 51.7 Å². The summed E-state index contributed by atoms with van der Waals surface area (Å²) in [6.45, 7) is 4.41. The number of hydrogen-bond acceptors (Lipinski definition) is 7. The minimum Gasteiger partial charge on any atom is -0.427 e. The van der Waals surface area contributed by atoms with E-state index in [4.69, 9.17) is 32.5 Å². The Hall–Kier alpha value is -3.82. The van der Waals surface area contributed by atoms with Crippen LogP contribution < -0.4 is 10.5 Å². The summed E-state index contributed by atoms with van der Waals surface area (Å²) < 4.78 is 5.48. The van der Waals surface area contributed by atoms with Crippen LogP contribution in [0.25, 0.3) is 0 Å². The summed E-state index contributed by atoms with van der Waals surface area (Å²) in [5, 5.41) is 5.24. The molecule has 11 heteroatoms. The van der Waals surface area contributed by atoms with Crippen LogP contribution in [0.1, 0.15) is 54.3 Å². The van der Waals surface area contributed by atoms with Crippen molar-refractivity contribution in [1.82, 2.24) is 9.80 Å². The third-order valence-corrected chi connectivity index (χ3v) is 8.78. The normalized spacial score (nSPS) is 17.8. The molecule has 2 saturated heterocycles. The Labute approximate surface area is 267 Å². The van der Waals surface area contributed by atoms with Crippen LogP contribution in [0, 0.1) is 0 Å². The zero-order valence-corrected chi connectivity index (χ0v) is 26.2. The van der Waals surface area contributed by atoms with Gasteiger partial charge in [0.1, 0.15) is 24.0 Å². The van der Waals surface area contributed by atoms with Gasteiger partial charge in [-0.05, 0) is 36.2 Å². The number of halogens is 2. The van der Waals surface area contributed by atoms with E-state index in [9.17, 15) is 14.4 Å². The van der Waals surface area contributed by atoms with E-state index in [0.29, 0.717) is 54.1 Å². The maximum Gasteiger partial charge on any atom is 0.348 e. The molecule has 1 aromatic heterocycles. The van der Waals surface area contributed by atoms with Crippen LogP contribution in [0.15, 0.2) is 75.0 Å².